The van der Waals surface area contributed by atoms with E-state index in [-0.39, 0.29) is 51.6 Å². The average Bonchev–Trinajstić information content (AvgIpc) is 0.845. The van der Waals surface area contributed by atoms with Crippen LogP contribution in [0, 0.1) is 5.92 Å². The van der Waals surface area contributed by atoms with E-state index < -0.39 is 354 Å². The summed E-state index contributed by atoms with van der Waals surface area (Å²) in [6.45, 7) is 5.56. The summed E-state index contributed by atoms with van der Waals surface area (Å²) in [4.78, 5) is 200. The zero-order valence-corrected chi connectivity index (χ0v) is 75.4. The van der Waals surface area contributed by atoms with Gasteiger partial charge in [-0.3, -0.25) is 62.5 Å². The quantitative estimate of drug-likeness (QED) is 0.0252. The van der Waals surface area contributed by atoms with Crippen molar-refractivity contribution < 1.29 is 192 Å². The van der Waals surface area contributed by atoms with Crippen molar-refractivity contribution >= 4 is 89.0 Å². The number of aliphatic hydroxyl groups excluding tert-OH is 14. The maximum Gasteiger partial charge on any atom is 0.364 e. The van der Waals surface area contributed by atoms with E-state index in [9.17, 15) is 144 Å². The number of carbonyl (C=O) groups excluding carboxylic acids is 11. The van der Waals surface area contributed by atoms with Crippen LogP contribution in [-0.4, -0.2) is 445 Å². The van der Waals surface area contributed by atoms with Crippen molar-refractivity contribution in [1.29, 1.82) is 0 Å². The lowest BCUT2D eigenvalue weighted by atomic mass is 9.88. The van der Waals surface area contributed by atoms with Gasteiger partial charge in [-0.05, 0) is 86.0 Å². The first-order valence-electron chi connectivity index (χ1n) is 43.7. The molecule has 0 aromatic carbocycles. The average molecular weight is 1930 g/mol. The van der Waals surface area contributed by atoms with Crippen molar-refractivity contribution in [2.75, 3.05) is 52.7 Å². The molecule has 6 saturated heterocycles. The van der Waals surface area contributed by atoms with Crippen LogP contribution in [-0.2, 0) is 105 Å². The molecule has 6 aliphatic heterocycles. The molecule has 10 amide bonds. The van der Waals surface area contributed by atoms with Crippen LogP contribution in [0.1, 0.15) is 133 Å². The minimum absolute atomic E-state index is 0.0258. The molecular weight excluding hydrogens is 1790 g/mol. The molecule has 6 fully saturated rings. The number of carbonyl (C=O) groups is 14. The number of carboxylic acids is 3. The van der Waals surface area contributed by atoms with Crippen LogP contribution in [0.15, 0.2) is 16.8 Å². The first kappa shape index (κ1) is 114. The van der Waals surface area contributed by atoms with E-state index in [1.165, 1.54) is 38.1 Å². The molecule has 33 N–H and O–H groups in total. The van der Waals surface area contributed by atoms with Crippen molar-refractivity contribution in [3.63, 3.8) is 0 Å². The molecule has 0 bridgehead atoms. The van der Waals surface area contributed by atoms with E-state index in [4.69, 9.17) is 60.8 Å². The van der Waals surface area contributed by atoms with Gasteiger partial charge in [-0.1, -0.05) is 39.2 Å². The predicted octanol–water partition coefficient (Wildman–Crippen LogP) is -14.5. The Morgan fingerprint density at radius 1 is 0.575 bits per heavy atom. The molecule has 8 unspecified atom stereocenters. The lowest BCUT2D eigenvalue weighted by Gasteiger charge is -2.50. The van der Waals surface area contributed by atoms with Crippen LogP contribution in [0.4, 0.5) is 0 Å². The minimum atomic E-state index is -3.30. The number of likely N-dealkylation sites (tertiary alicyclic amines) is 2. The molecule has 0 aliphatic carbocycles. The number of rotatable bonds is 49. The van der Waals surface area contributed by atoms with Crippen molar-refractivity contribution in [2.45, 2.75) is 339 Å². The molecule has 0 saturated carbocycles. The number of carboxylic acid groups (broad SMARTS) is 3. The smallest absolute Gasteiger partial charge is 0.364 e. The number of ketones is 1. The van der Waals surface area contributed by atoms with Crippen LogP contribution in [0.25, 0.3) is 0 Å². The van der Waals surface area contributed by atoms with Gasteiger partial charge in [0.1, 0.15) is 128 Å². The summed E-state index contributed by atoms with van der Waals surface area (Å²) in [7, 11) is 0. The maximum absolute atomic E-state index is 15.4. The number of ether oxygens (including phenoxy) is 8. The molecular formula is C80H133N15O39. The molecule has 34 atom stereocenters. The van der Waals surface area contributed by atoms with Crippen LogP contribution in [0.5, 0.6) is 0 Å². The lowest BCUT2D eigenvalue weighted by Crippen LogP contribution is -2.71. The fourth-order valence-corrected chi connectivity index (χ4v) is 16.0. The van der Waals surface area contributed by atoms with Gasteiger partial charge in [-0.2, -0.15) is 0 Å². The van der Waals surface area contributed by atoms with Gasteiger partial charge in [-0.15, -0.1) is 0 Å². The van der Waals surface area contributed by atoms with Gasteiger partial charge < -0.3 is 200 Å². The van der Waals surface area contributed by atoms with E-state index >= 15 is 9.59 Å². The second-order valence-corrected chi connectivity index (χ2v) is 34.4. The minimum Gasteiger partial charge on any atom is -0.481 e. The van der Waals surface area contributed by atoms with Gasteiger partial charge in [-0.25, -0.2) is 9.59 Å². The molecule has 762 valence electrons. The number of Topliss-reactive ketones (excluding diaryl/α,β-unsaturated/α-hetero) is 1. The Morgan fingerprint density at radius 3 is 1.63 bits per heavy atom. The third-order valence-electron chi connectivity index (χ3n) is 23.7. The third-order valence-corrected chi connectivity index (χ3v) is 23.7. The Morgan fingerprint density at radius 2 is 1.10 bits per heavy atom. The molecule has 54 heteroatoms. The molecule has 6 aliphatic rings. The summed E-state index contributed by atoms with van der Waals surface area (Å²) < 4.78 is 47.3. The first-order chi connectivity index (χ1) is 62.8. The van der Waals surface area contributed by atoms with Gasteiger partial charge in [0.15, 0.2) is 18.4 Å². The summed E-state index contributed by atoms with van der Waals surface area (Å²) >= 11 is 0. The highest BCUT2D eigenvalue weighted by atomic mass is 16.8. The van der Waals surface area contributed by atoms with Gasteiger partial charge >= 0.3 is 17.9 Å². The van der Waals surface area contributed by atoms with Crippen LogP contribution < -0.4 is 65.5 Å². The molecule has 54 nitrogen and oxygen atoms in total. The van der Waals surface area contributed by atoms with Crippen molar-refractivity contribution in [2.24, 2.45) is 33.8 Å². The van der Waals surface area contributed by atoms with Crippen LogP contribution in [0.3, 0.4) is 0 Å². The number of nitrogens with one attached hydrogen (secondary N) is 8. The van der Waals surface area contributed by atoms with E-state index in [0.29, 0.717) is 18.4 Å². The second-order valence-electron chi connectivity index (χ2n) is 34.4. The molecule has 0 radical (unpaired) electrons. The van der Waals surface area contributed by atoms with Crippen molar-refractivity contribution in [3.05, 3.63) is 11.8 Å². The fraction of sp³-hybridized carbons (Fsp3) is 0.787. The van der Waals surface area contributed by atoms with Crippen molar-refractivity contribution in [1.82, 2.24) is 52.3 Å². The highest BCUT2D eigenvalue weighted by Gasteiger charge is 2.62. The zero-order valence-electron chi connectivity index (χ0n) is 75.4. The zero-order chi connectivity index (χ0) is 101. The third kappa shape index (κ3) is 29.1. The highest BCUT2D eigenvalue weighted by molar-refractivity contribution is 6.00. The summed E-state index contributed by atoms with van der Waals surface area (Å²) in [5.74, 6) is -24.7. The number of amides is 10. The summed E-state index contributed by atoms with van der Waals surface area (Å²) in [6, 6.07) is -22.3. The van der Waals surface area contributed by atoms with Gasteiger partial charge in [0.05, 0.1) is 101 Å². The molecule has 6 rings (SSSR count). The number of aliphatic imine (C=N–C) groups is 1. The van der Waals surface area contributed by atoms with Gasteiger partial charge in [0.25, 0.3) is 11.6 Å². The van der Waals surface area contributed by atoms with E-state index in [2.05, 4.69) is 47.5 Å². The summed E-state index contributed by atoms with van der Waals surface area (Å²) in [6.07, 6.45) is -41.9. The Hall–Kier alpha value is -8.85. The largest absolute Gasteiger partial charge is 0.481 e. The summed E-state index contributed by atoms with van der Waals surface area (Å²) in [5.41, 5.74) is 25.7. The number of aliphatic carboxylic acids is 3. The number of nitrogens with two attached hydrogens (primary N) is 4. The first-order valence-corrected chi connectivity index (χ1v) is 43.7. The normalized spacial score (nSPS) is 31.1. The van der Waals surface area contributed by atoms with Crippen molar-refractivity contribution in [3.8, 4) is 0 Å². The molecule has 0 aromatic heterocycles. The molecule has 134 heavy (non-hydrogen) atoms. The fourth-order valence-electron chi connectivity index (χ4n) is 16.0. The number of nitrogens with zero attached hydrogens (tertiary/aromatic N) is 3. The molecule has 0 aromatic rings. The number of aliphatic hydroxyl groups is 14. The highest BCUT2D eigenvalue weighted by Crippen LogP contribution is 2.40. The van der Waals surface area contributed by atoms with E-state index in [0.717, 1.165) is 25.7 Å². The Balaban J connectivity index is 1.33. The number of hydrogen-bond donors (Lipinski definition) is 29. The summed E-state index contributed by atoms with van der Waals surface area (Å²) in [5, 5.41) is 203. The lowest BCUT2D eigenvalue weighted by molar-refractivity contribution is -0.382. The maximum atomic E-state index is 15.4. The predicted molar refractivity (Wildman–Crippen MR) is 451 cm³/mol. The van der Waals surface area contributed by atoms with E-state index in [1.807, 2.05) is 0 Å². The topological polar surface area (TPSA) is 876 Å². The molecule has 0 spiro atoms. The Labute approximate surface area is 768 Å². The van der Waals surface area contributed by atoms with Crippen LogP contribution >= 0.6 is 0 Å². The monoisotopic (exact) mass is 1930 g/mol. The van der Waals surface area contributed by atoms with Crippen LogP contribution in [0.2, 0.25) is 0 Å². The number of unbranched alkanes of at least 4 members (excludes halogenated alkanes) is 1. The Bertz CT molecular complexity index is 4070. The van der Waals surface area contributed by atoms with E-state index in [1.54, 1.807) is 20.8 Å². The Kier molecular flexibility index (Phi) is 43.8. The number of hydrogen-bond acceptors (Lipinski definition) is 41. The second kappa shape index (κ2) is 51.5. The van der Waals surface area contributed by atoms with Gasteiger partial charge in [0, 0.05) is 38.3 Å². The standard InChI is InChI=1S/C80H133N15O39/c1-10-12-15-38(74(122)94-18-13-16-41(94)34(7)100)88-72(120)56(93-67(115)39(21-50(107)108)89-69(117)42-17-14-19-95(42)73(121)33(6)87-68(116)40(26-96)90-71(119)55(35(8)101)92-70(118)54(31(3)4)91-49(106)25-86-66(114)37(81)20-32(5)24-85-11-2)36(9)128-75-53(84)62(60(112)48(130-75)30-127-79(77(123)124)22-43(102)51(82)63(132-79)57(109)45(104)27-97)131-76-61(113)65(59(111)47(29-99)129-76)134-80(78(125)126)23-44(103)52(83)64(133-80)58(110)46(105)28-98/h11,24,31,33,35-48,51-65,75-76,96-99,101-105,109-113H,10,12-23,25-30,81-84H2,1-9H3,(H,86,114)(H,87,116)(H,88,120)(H,89,117)(H,90,119)(H,91,106)(H,92,118)(H,93,115)(H,107,108)(H,123,124)(H,125,126)/b32-24+,85-11?/t33-,35?,36?,37-,38-,39-,40-,41-,42-,43+,44+,45+,46+,47?,48?,51+,52+,53?,54-,55-,56-,57+,58+,59-,60-,61-,62+,63?,64?,65?,75-,76-,79+,80-/m0/s1. The SMILES string of the molecule is CC=N/C=C(\C)C[C@H](N)C(=O)NCC(=O)N[C@H](C(=O)N[C@H](C(=O)N[C@@H](CO)C(=O)N[C@@H](C)C(=O)N1CCC[C@H]1C(=O)N[C@@H](CC(=O)O)C(=O)N[C@H](C(=O)N[C@@H](CCCC)C(=O)N1CCC[C@H]1C(C)=O)C(C)O[C@H]1OC(CO[C@]2(C(=O)O)C[C@@H](O)[C@@H](N)C([C@H](O)[C@H](O)CO)O2)[C@H](O)[C@H](O[C@@H]2OC(CO)[C@H](O)C(O[C@]3(C(=O)O)C[C@@H](O)[C@@H](N)C([C@H](O)[C@H](O)CO)O3)[C@@H]2O)C1N)C(C)O)C(C)C. The molecule has 6 heterocycles. The van der Waals surface area contributed by atoms with Gasteiger partial charge in [0.2, 0.25) is 59.1 Å².